The zero-order chi connectivity index (χ0) is 22.7. The van der Waals surface area contributed by atoms with E-state index in [9.17, 15) is 9.59 Å². The Labute approximate surface area is 194 Å². The first-order chi connectivity index (χ1) is 15.5. The Morgan fingerprint density at radius 3 is 2.72 bits per heavy atom. The first-order valence-electron chi connectivity index (χ1n) is 10.6. The van der Waals surface area contributed by atoms with Crippen molar-refractivity contribution in [2.75, 3.05) is 0 Å². The van der Waals surface area contributed by atoms with Gasteiger partial charge < -0.3 is 4.52 Å². The normalized spacial score (nSPS) is 12.8. The lowest BCUT2D eigenvalue weighted by atomic mass is 10.1. The highest BCUT2D eigenvalue weighted by molar-refractivity contribution is 6.66. The molecule has 1 aromatic carbocycles. The van der Waals surface area contributed by atoms with Crippen LogP contribution in [0.2, 0.25) is 5.02 Å². The minimum atomic E-state index is -0.355. The van der Waals surface area contributed by atoms with Crippen LogP contribution < -0.4 is 11.2 Å². The van der Waals surface area contributed by atoms with Gasteiger partial charge in [0.2, 0.25) is 5.89 Å². The summed E-state index contributed by atoms with van der Waals surface area (Å²) in [6.07, 6.45) is 3.49. The standard InChI is InChI=1S/C22H23Cl2N5O3/c1-2-3-9-28-20-16(13-17(24)25-20)21(30)29(22(28)31)10-5-8-18-26-19(32-27-18)12-14-6-4-7-15(23)11-14/h4,6-7,11H,2-3,5,8-10,12-13H2,1H3. The minimum Gasteiger partial charge on any atom is -0.339 e. The molecule has 0 amide bonds. The third-order valence-corrected chi connectivity index (χ3v) is 5.77. The lowest BCUT2D eigenvalue weighted by Crippen LogP contribution is -2.41. The van der Waals surface area contributed by atoms with Crippen LogP contribution in [0, 0.1) is 0 Å². The first kappa shape index (κ1) is 22.5. The maximum atomic E-state index is 13.0. The van der Waals surface area contributed by atoms with Crippen molar-refractivity contribution in [3.63, 3.8) is 0 Å². The molecule has 8 nitrogen and oxygen atoms in total. The molecule has 1 aliphatic rings. The quantitative estimate of drug-likeness (QED) is 0.467. The molecule has 0 atom stereocenters. The minimum absolute atomic E-state index is 0.257. The summed E-state index contributed by atoms with van der Waals surface area (Å²) in [4.78, 5) is 34.5. The maximum absolute atomic E-state index is 13.0. The Kier molecular flexibility index (Phi) is 6.91. The molecule has 0 aliphatic carbocycles. The Bertz CT molecular complexity index is 1280. The van der Waals surface area contributed by atoms with E-state index < -0.39 is 0 Å². The summed E-state index contributed by atoms with van der Waals surface area (Å²) >= 11 is 12.1. The van der Waals surface area contributed by atoms with Crippen molar-refractivity contribution in [3.8, 4) is 0 Å². The molecule has 0 unspecified atom stereocenters. The van der Waals surface area contributed by atoms with Gasteiger partial charge in [-0.1, -0.05) is 53.8 Å². The van der Waals surface area contributed by atoms with Crippen molar-refractivity contribution in [1.82, 2.24) is 19.3 Å². The molecule has 10 heteroatoms. The Morgan fingerprint density at radius 1 is 1.12 bits per heavy atom. The molecule has 32 heavy (non-hydrogen) atoms. The van der Waals surface area contributed by atoms with Gasteiger partial charge in [-0.2, -0.15) is 4.98 Å². The zero-order valence-electron chi connectivity index (χ0n) is 17.7. The third kappa shape index (κ3) is 4.86. The fourth-order valence-electron chi connectivity index (χ4n) is 3.72. The van der Waals surface area contributed by atoms with Crippen molar-refractivity contribution in [1.29, 1.82) is 0 Å². The average Bonchev–Trinajstić information content (AvgIpc) is 3.37. The molecular weight excluding hydrogens is 453 g/mol. The summed E-state index contributed by atoms with van der Waals surface area (Å²) in [6, 6.07) is 7.47. The SMILES string of the molecule is CCCCn1c2c(c(=O)n(CCCc3noc(Cc4cccc(Cl)c4)n3)c1=O)CC(Cl)=N2. The predicted molar refractivity (Wildman–Crippen MR) is 123 cm³/mol. The van der Waals surface area contributed by atoms with Crippen molar-refractivity contribution in [3.05, 3.63) is 73.0 Å². The Balaban J connectivity index is 1.46. The van der Waals surface area contributed by atoms with E-state index in [0.29, 0.717) is 59.1 Å². The van der Waals surface area contributed by atoms with Gasteiger partial charge in [0, 0.05) is 31.0 Å². The predicted octanol–water partition coefficient (Wildman–Crippen LogP) is 3.90. The van der Waals surface area contributed by atoms with E-state index in [4.69, 9.17) is 27.7 Å². The molecule has 0 N–H and O–H groups in total. The van der Waals surface area contributed by atoms with Crippen LogP contribution in [0.1, 0.15) is 49.0 Å². The molecule has 4 rings (SSSR count). The summed E-state index contributed by atoms with van der Waals surface area (Å²) in [5.74, 6) is 1.43. The molecule has 0 fully saturated rings. The molecule has 0 spiro atoms. The lowest BCUT2D eigenvalue weighted by Gasteiger charge is -2.13. The Hall–Kier alpha value is -2.71. The molecule has 1 aliphatic heterocycles. The summed E-state index contributed by atoms with van der Waals surface area (Å²) in [7, 11) is 0. The van der Waals surface area contributed by atoms with Crippen molar-refractivity contribution < 1.29 is 4.52 Å². The first-order valence-corrected chi connectivity index (χ1v) is 11.4. The highest BCUT2D eigenvalue weighted by Gasteiger charge is 2.24. The van der Waals surface area contributed by atoms with Crippen LogP contribution in [0.3, 0.4) is 0 Å². The summed E-state index contributed by atoms with van der Waals surface area (Å²) in [5.41, 5.74) is 0.777. The number of halogens is 2. The van der Waals surface area contributed by atoms with E-state index in [1.807, 2.05) is 31.2 Å². The molecule has 0 saturated heterocycles. The Morgan fingerprint density at radius 2 is 1.94 bits per heavy atom. The van der Waals surface area contributed by atoms with E-state index in [-0.39, 0.29) is 24.2 Å². The molecule has 3 aromatic rings. The van der Waals surface area contributed by atoms with Gasteiger partial charge >= 0.3 is 5.69 Å². The fraction of sp³-hybridized carbons (Fsp3) is 0.409. The monoisotopic (exact) mass is 475 g/mol. The number of hydrogen-bond acceptors (Lipinski definition) is 6. The summed E-state index contributed by atoms with van der Waals surface area (Å²) in [5, 5.41) is 4.99. The average molecular weight is 476 g/mol. The number of benzene rings is 1. The number of hydrogen-bond donors (Lipinski definition) is 0. The number of unbranched alkanes of at least 4 members (excludes halogenated alkanes) is 1. The van der Waals surface area contributed by atoms with Crippen LogP contribution in [0.5, 0.6) is 0 Å². The van der Waals surface area contributed by atoms with E-state index >= 15 is 0 Å². The number of nitrogens with zero attached hydrogens (tertiary/aromatic N) is 5. The lowest BCUT2D eigenvalue weighted by molar-refractivity contribution is 0.378. The topological polar surface area (TPSA) is 95.3 Å². The number of rotatable bonds is 9. The third-order valence-electron chi connectivity index (χ3n) is 5.31. The van der Waals surface area contributed by atoms with Gasteiger partial charge in [0.1, 0.15) is 11.0 Å². The maximum Gasteiger partial charge on any atom is 0.332 e. The number of aliphatic imine (C=N–C) groups is 1. The number of aromatic nitrogens is 4. The van der Waals surface area contributed by atoms with Gasteiger partial charge in [0.05, 0.1) is 12.0 Å². The highest BCUT2D eigenvalue weighted by Crippen LogP contribution is 2.24. The van der Waals surface area contributed by atoms with Crippen LogP contribution in [-0.4, -0.2) is 24.4 Å². The van der Waals surface area contributed by atoms with Crippen molar-refractivity contribution in [2.24, 2.45) is 4.99 Å². The van der Waals surface area contributed by atoms with Crippen molar-refractivity contribution >= 4 is 34.2 Å². The van der Waals surface area contributed by atoms with E-state index in [1.54, 1.807) is 4.57 Å². The van der Waals surface area contributed by atoms with Crippen molar-refractivity contribution in [2.45, 2.75) is 58.5 Å². The van der Waals surface area contributed by atoms with Gasteiger partial charge in [-0.3, -0.25) is 13.9 Å². The molecule has 168 valence electrons. The molecule has 0 bridgehead atoms. The molecule has 0 saturated carbocycles. The van der Waals surface area contributed by atoms with E-state index in [2.05, 4.69) is 15.1 Å². The van der Waals surface area contributed by atoms with E-state index in [0.717, 1.165) is 18.4 Å². The molecule has 3 heterocycles. The van der Waals surface area contributed by atoms with Gasteiger partial charge in [-0.15, -0.1) is 0 Å². The van der Waals surface area contributed by atoms with Crippen LogP contribution in [0.25, 0.3) is 0 Å². The summed E-state index contributed by atoms with van der Waals surface area (Å²) < 4.78 is 8.16. The van der Waals surface area contributed by atoms with Crippen LogP contribution in [0.4, 0.5) is 5.82 Å². The van der Waals surface area contributed by atoms with Crippen LogP contribution in [0.15, 0.2) is 43.4 Å². The van der Waals surface area contributed by atoms with E-state index in [1.165, 1.54) is 4.57 Å². The molecule has 2 aromatic heterocycles. The van der Waals surface area contributed by atoms with Gasteiger partial charge in [0.15, 0.2) is 5.82 Å². The second-order valence-electron chi connectivity index (χ2n) is 7.73. The number of aryl methyl sites for hydroxylation is 1. The second kappa shape index (κ2) is 9.83. The molecular formula is C22H23Cl2N5O3. The number of fused-ring (bicyclic) bond motifs is 1. The molecule has 0 radical (unpaired) electrons. The van der Waals surface area contributed by atoms with Gasteiger partial charge in [-0.25, -0.2) is 9.79 Å². The fourth-order valence-corrected chi connectivity index (χ4v) is 4.15. The van der Waals surface area contributed by atoms with Crippen LogP contribution in [-0.2, 0) is 32.4 Å². The largest absolute Gasteiger partial charge is 0.339 e. The second-order valence-corrected chi connectivity index (χ2v) is 8.60. The summed E-state index contributed by atoms with van der Waals surface area (Å²) in [6.45, 7) is 2.80. The smallest absolute Gasteiger partial charge is 0.332 e. The van der Waals surface area contributed by atoms with Gasteiger partial charge in [0.25, 0.3) is 5.56 Å². The van der Waals surface area contributed by atoms with Crippen LogP contribution >= 0.6 is 23.2 Å². The van der Waals surface area contributed by atoms with Gasteiger partial charge in [-0.05, 0) is 30.5 Å². The highest BCUT2D eigenvalue weighted by atomic mass is 35.5. The zero-order valence-corrected chi connectivity index (χ0v) is 19.2.